The third-order valence-electron chi connectivity index (χ3n) is 5.09. The number of anilines is 1. The lowest BCUT2D eigenvalue weighted by molar-refractivity contribution is -0.117. The lowest BCUT2D eigenvalue weighted by Gasteiger charge is -2.25. The molecule has 7 heteroatoms. The quantitative estimate of drug-likeness (QED) is 0.863. The van der Waals surface area contributed by atoms with Gasteiger partial charge in [-0.2, -0.15) is 0 Å². The molecule has 2 aromatic rings. The lowest BCUT2D eigenvalue weighted by atomic mass is 10.0. The smallest absolute Gasteiger partial charge is 0.238 e. The van der Waals surface area contributed by atoms with Crippen LogP contribution in [0.4, 0.5) is 14.5 Å². The van der Waals surface area contributed by atoms with E-state index >= 15 is 0 Å². The second-order valence-corrected chi connectivity index (χ2v) is 7.03. The Balaban J connectivity index is 1.46. The van der Waals surface area contributed by atoms with Gasteiger partial charge in [0.1, 0.15) is 17.3 Å². The fourth-order valence-corrected chi connectivity index (χ4v) is 3.76. The minimum absolute atomic E-state index is 0.0494. The van der Waals surface area contributed by atoms with E-state index in [1.165, 1.54) is 6.07 Å². The van der Waals surface area contributed by atoms with E-state index in [0.29, 0.717) is 13.2 Å². The van der Waals surface area contributed by atoms with Crippen LogP contribution in [0.25, 0.3) is 0 Å². The highest BCUT2D eigenvalue weighted by Crippen LogP contribution is 2.37. The molecule has 2 aliphatic heterocycles. The number of nitrogens with one attached hydrogen (secondary N) is 1. The summed E-state index contributed by atoms with van der Waals surface area (Å²) in [5, 5.41) is 2.36. The van der Waals surface area contributed by atoms with Gasteiger partial charge in [-0.1, -0.05) is 12.1 Å². The first-order valence-corrected chi connectivity index (χ1v) is 9.49. The zero-order valence-electron chi connectivity index (χ0n) is 15.4. The Kier molecular flexibility index (Phi) is 5.43. The number of fused-ring (bicyclic) bond motifs is 1. The number of amides is 1. The van der Waals surface area contributed by atoms with E-state index in [4.69, 9.17) is 9.47 Å². The molecule has 1 fully saturated rings. The molecule has 0 aromatic heterocycles. The van der Waals surface area contributed by atoms with Crippen molar-refractivity contribution in [3.63, 3.8) is 0 Å². The lowest BCUT2D eigenvalue weighted by Crippen LogP contribution is -2.33. The molecule has 0 radical (unpaired) electrons. The van der Waals surface area contributed by atoms with Gasteiger partial charge in [-0.15, -0.1) is 0 Å². The Hall–Kier alpha value is -2.67. The number of halogens is 2. The van der Waals surface area contributed by atoms with Crippen LogP contribution < -0.4 is 14.8 Å². The summed E-state index contributed by atoms with van der Waals surface area (Å²) in [6.45, 7) is 2.05. The van der Waals surface area contributed by atoms with Gasteiger partial charge in [0.2, 0.25) is 5.91 Å². The van der Waals surface area contributed by atoms with Gasteiger partial charge in [0.05, 0.1) is 19.8 Å². The monoisotopic (exact) mass is 388 g/mol. The Labute approximate surface area is 162 Å². The van der Waals surface area contributed by atoms with Gasteiger partial charge >= 0.3 is 0 Å². The van der Waals surface area contributed by atoms with Gasteiger partial charge < -0.3 is 14.8 Å². The van der Waals surface area contributed by atoms with Gasteiger partial charge in [0.25, 0.3) is 0 Å². The number of rotatable bonds is 4. The van der Waals surface area contributed by atoms with Crippen molar-refractivity contribution in [3.8, 4) is 11.5 Å². The van der Waals surface area contributed by atoms with Crippen LogP contribution in [0.15, 0.2) is 36.4 Å². The Morgan fingerprint density at radius 1 is 1.07 bits per heavy atom. The van der Waals surface area contributed by atoms with Crippen molar-refractivity contribution in [2.45, 2.75) is 25.3 Å². The van der Waals surface area contributed by atoms with Crippen LogP contribution in [0.2, 0.25) is 0 Å². The highest BCUT2D eigenvalue weighted by molar-refractivity contribution is 5.92. The number of para-hydroxylation sites is 1. The predicted octanol–water partition coefficient (Wildman–Crippen LogP) is 3.90. The van der Waals surface area contributed by atoms with Gasteiger partial charge in [0, 0.05) is 12.5 Å². The van der Waals surface area contributed by atoms with E-state index in [-0.39, 0.29) is 12.6 Å². The molecular weight excluding hydrogens is 366 g/mol. The number of hydrogen-bond acceptors (Lipinski definition) is 4. The van der Waals surface area contributed by atoms with Crippen LogP contribution in [0, 0.1) is 11.6 Å². The van der Waals surface area contributed by atoms with Crippen molar-refractivity contribution >= 4 is 11.6 Å². The summed E-state index contributed by atoms with van der Waals surface area (Å²) in [4.78, 5) is 14.4. The van der Waals surface area contributed by atoms with Crippen LogP contribution in [-0.2, 0) is 4.79 Å². The fourth-order valence-electron chi connectivity index (χ4n) is 3.76. The van der Waals surface area contributed by atoms with E-state index in [1.807, 2.05) is 23.1 Å². The first kappa shape index (κ1) is 18.7. The molecular formula is C21H22F2N2O3. The molecule has 0 bridgehead atoms. The maximum Gasteiger partial charge on any atom is 0.238 e. The molecule has 0 saturated carbocycles. The zero-order valence-corrected chi connectivity index (χ0v) is 15.4. The summed E-state index contributed by atoms with van der Waals surface area (Å²) in [5.41, 5.74) is 0.644. The molecule has 1 atom stereocenters. The zero-order chi connectivity index (χ0) is 19.5. The number of ether oxygens (including phenoxy) is 2. The number of likely N-dealkylation sites (tertiary alicyclic amines) is 1. The average molecular weight is 388 g/mol. The molecule has 2 aromatic carbocycles. The van der Waals surface area contributed by atoms with E-state index in [1.54, 1.807) is 0 Å². The van der Waals surface area contributed by atoms with Crippen molar-refractivity contribution < 1.29 is 23.0 Å². The average Bonchev–Trinajstić information content (AvgIpc) is 3.00. The van der Waals surface area contributed by atoms with Crippen LogP contribution in [0.3, 0.4) is 0 Å². The Morgan fingerprint density at radius 2 is 1.82 bits per heavy atom. The summed E-state index contributed by atoms with van der Waals surface area (Å²) >= 11 is 0. The van der Waals surface area contributed by atoms with Gasteiger partial charge in [-0.3, -0.25) is 9.69 Å². The molecule has 0 aliphatic carbocycles. The van der Waals surface area contributed by atoms with Crippen molar-refractivity contribution in [1.29, 1.82) is 0 Å². The number of hydrogen-bond donors (Lipinski definition) is 1. The van der Waals surface area contributed by atoms with Crippen molar-refractivity contribution in [2.24, 2.45) is 0 Å². The van der Waals surface area contributed by atoms with Crippen LogP contribution >= 0.6 is 0 Å². The third kappa shape index (κ3) is 3.94. The molecule has 5 nitrogen and oxygen atoms in total. The standard InChI is InChI=1S/C21H22F2N2O3/c22-15-4-1-5-16(23)21(15)24-20(26)13-25-9-2-6-17(25)14-7-8-18-19(12-14)28-11-3-10-27-18/h1,4-5,7-8,12,17H,2-3,6,9-11,13H2,(H,24,26)/t17-/m1/s1. The third-order valence-corrected chi connectivity index (χ3v) is 5.09. The summed E-state index contributed by atoms with van der Waals surface area (Å²) in [6, 6.07) is 9.42. The summed E-state index contributed by atoms with van der Waals surface area (Å²) in [5.74, 6) is -0.549. The summed E-state index contributed by atoms with van der Waals surface area (Å²) in [7, 11) is 0. The van der Waals surface area contributed by atoms with E-state index < -0.39 is 23.2 Å². The molecule has 0 spiro atoms. The molecule has 2 aliphatic rings. The van der Waals surface area contributed by atoms with Gasteiger partial charge in [-0.05, 0) is 49.2 Å². The van der Waals surface area contributed by atoms with Crippen LogP contribution in [0.5, 0.6) is 11.5 Å². The van der Waals surface area contributed by atoms with Crippen molar-refractivity contribution in [2.75, 3.05) is 31.6 Å². The second-order valence-electron chi connectivity index (χ2n) is 7.03. The Morgan fingerprint density at radius 3 is 2.61 bits per heavy atom. The molecule has 0 unspecified atom stereocenters. The fraction of sp³-hybridized carbons (Fsp3) is 0.381. The minimum atomic E-state index is -0.783. The van der Waals surface area contributed by atoms with E-state index in [9.17, 15) is 13.6 Å². The summed E-state index contributed by atoms with van der Waals surface area (Å²) < 4.78 is 39.0. The highest BCUT2D eigenvalue weighted by Gasteiger charge is 2.29. The van der Waals surface area contributed by atoms with Gasteiger partial charge in [0.15, 0.2) is 11.5 Å². The molecule has 28 heavy (non-hydrogen) atoms. The van der Waals surface area contributed by atoms with Gasteiger partial charge in [-0.25, -0.2) is 8.78 Å². The first-order valence-electron chi connectivity index (χ1n) is 9.49. The van der Waals surface area contributed by atoms with Crippen molar-refractivity contribution in [3.05, 3.63) is 53.6 Å². The van der Waals surface area contributed by atoms with E-state index in [0.717, 1.165) is 55.0 Å². The van der Waals surface area contributed by atoms with Crippen LogP contribution in [-0.4, -0.2) is 37.1 Å². The second kappa shape index (κ2) is 8.14. The first-order chi connectivity index (χ1) is 13.6. The number of benzene rings is 2. The molecule has 4 rings (SSSR count). The normalized spacial score (nSPS) is 19.3. The Bertz CT molecular complexity index is 854. The number of nitrogens with zero attached hydrogens (tertiary/aromatic N) is 1. The molecule has 1 N–H and O–H groups in total. The maximum atomic E-state index is 13.8. The predicted molar refractivity (Wildman–Crippen MR) is 101 cm³/mol. The minimum Gasteiger partial charge on any atom is -0.490 e. The van der Waals surface area contributed by atoms with Crippen LogP contribution in [0.1, 0.15) is 30.9 Å². The molecule has 148 valence electrons. The van der Waals surface area contributed by atoms with E-state index in [2.05, 4.69) is 5.32 Å². The molecule has 2 heterocycles. The molecule has 1 amide bonds. The highest BCUT2D eigenvalue weighted by atomic mass is 19.1. The number of carbonyl (C=O) groups is 1. The number of carbonyl (C=O) groups excluding carboxylic acids is 1. The molecule has 1 saturated heterocycles. The topological polar surface area (TPSA) is 50.8 Å². The van der Waals surface area contributed by atoms with Crippen molar-refractivity contribution in [1.82, 2.24) is 4.90 Å². The largest absolute Gasteiger partial charge is 0.490 e. The summed E-state index contributed by atoms with van der Waals surface area (Å²) in [6.07, 6.45) is 2.69. The maximum absolute atomic E-state index is 13.8. The SMILES string of the molecule is O=C(CN1CCC[C@@H]1c1ccc2c(c1)OCCCO2)Nc1c(F)cccc1F.